The van der Waals surface area contributed by atoms with Crippen LogP contribution in [0.25, 0.3) is 0 Å². The fourth-order valence-electron chi connectivity index (χ4n) is 1.31. The van der Waals surface area contributed by atoms with Gasteiger partial charge in [0.25, 0.3) is 0 Å². The summed E-state index contributed by atoms with van der Waals surface area (Å²) in [6.45, 7) is 3.36. The summed E-state index contributed by atoms with van der Waals surface area (Å²) in [5.74, 6) is 3.05. The highest BCUT2D eigenvalue weighted by Gasteiger charge is 2.20. The first-order valence-corrected chi connectivity index (χ1v) is 5.29. The summed E-state index contributed by atoms with van der Waals surface area (Å²) in [4.78, 5) is 0. The van der Waals surface area contributed by atoms with Crippen molar-refractivity contribution in [2.75, 3.05) is 12.3 Å². The first-order chi connectivity index (χ1) is 5.86. The largest absolute Gasteiger partial charge is 0.467 e. The molecule has 1 saturated heterocycles. The molecule has 0 aliphatic carbocycles. The van der Waals surface area contributed by atoms with Crippen molar-refractivity contribution in [1.29, 1.82) is 0 Å². The maximum atomic E-state index is 5.32. The smallest absolute Gasteiger partial charge is 0.130 e. The summed E-state index contributed by atoms with van der Waals surface area (Å²) in [6, 6.07) is 3.97. The predicted octanol–water partition coefficient (Wildman–Crippen LogP) is 2.25. The maximum absolute atomic E-state index is 5.32. The van der Waals surface area contributed by atoms with Crippen molar-refractivity contribution in [3.8, 4) is 0 Å². The van der Waals surface area contributed by atoms with E-state index in [-0.39, 0.29) is 0 Å². The Morgan fingerprint density at radius 2 is 2.58 bits per heavy atom. The lowest BCUT2D eigenvalue weighted by atomic mass is 10.2. The molecule has 1 aliphatic rings. The predicted molar refractivity (Wildman–Crippen MR) is 51.1 cm³/mol. The molecular weight excluding hydrogens is 170 g/mol. The standard InChI is InChI=1S/C9H13NOS/c1-7-5-10-9(12-6-7)8-3-2-4-11-8/h2-4,7,9-10H,5-6H2,1H3. The highest BCUT2D eigenvalue weighted by Crippen LogP contribution is 2.31. The van der Waals surface area contributed by atoms with Gasteiger partial charge in [-0.3, -0.25) is 5.32 Å². The average molecular weight is 183 g/mol. The van der Waals surface area contributed by atoms with Crippen molar-refractivity contribution in [3.63, 3.8) is 0 Å². The number of hydrogen-bond donors (Lipinski definition) is 1. The molecule has 1 aliphatic heterocycles. The van der Waals surface area contributed by atoms with Crippen molar-refractivity contribution in [1.82, 2.24) is 5.32 Å². The van der Waals surface area contributed by atoms with Crippen LogP contribution in [0.5, 0.6) is 0 Å². The minimum absolute atomic E-state index is 0.371. The van der Waals surface area contributed by atoms with E-state index in [1.807, 2.05) is 23.9 Å². The Hall–Kier alpha value is -0.410. The zero-order valence-electron chi connectivity index (χ0n) is 7.12. The molecule has 2 rings (SSSR count). The van der Waals surface area contributed by atoms with Crippen molar-refractivity contribution in [3.05, 3.63) is 24.2 Å². The molecule has 1 N–H and O–H groups in total. The molecule has 1 fully saturated rings. The first kappa shape index (κ1) is 8.20. The summed E-state index contributed by atoms with van der Waals surface area (Å²) in [7, 11) is 0. The second-order valence-corrected chi connectivity index (χ2v) is 4.38. The third kappa shape index (κ3) is 1.67. The molecule has 2 unspecified atom stereocenters. The van der Waals surface area contributed by atoms with Gasteiger partial charge in [0.05, 0.1) is 6.26 Å². The molecule has 0 saturated carbocycles. The molecule has 0 bridgehead atoms. The monoisotopic (exact) mass is 183 g/mol. The topological polar surface area (TPSA) is 25.2 Å². The van der Waals surface area contributed by atoms with E-state index in [0.29, 0.717) is 5.37 Å². The normalized spacial score (nSPS) is 30.4. The van der Waals surface area contributed by atoms with Crippen molar-refractivity contribution in [2.24, 2.45) is 5.92 Å². The molecule has 2 nitrogen and oxygen atoms in total. The minimum Gasteiger partial charge on any atom is -0.467 e. The average Bonchev–Trinajstić information content (AvgIpc) is 2.58. The fraction of sp³-hybridized carbons (Fsp3) is 0.556. The van der Waals surface area contributed by atoms with Crippen LogP contribution >= 0.6 is 11.8 Å². The lowest BCUT2D eigenvalue weighted by molar-refractivity contribution is 0.448. The van der Waals surface area contributed by atoms with Gasteiger partial charge < -0.3 is 4.42 Å². The Bertz CT molecular complexity index is 227. The van der Waals surface area contributed by atoms with E-state index in [1.165, 1.54) is 5.75 Å². The van der Waals surface area contributed by atoms with E-state index in [2.05, 4.69) is 12.2 Å². The molecule has 0 aromatic carbocycles. The van der Waals surface area contributed by atoms with Crippen LogP contribution in [0.3, 0.4) is 0 Å². The molecule has 12 heavy (non-hydrogen) atoms. The molecular formula is C9H13NOS. The van der Waals surface area contributed by atoms with Crippen LogP contribution < -0.4 is 5.32 Å². The van der Waals surface area contributed by atoms with Gasteiger partial charge in [0, 0.05) is 0 Å². The Kier molecular flexibility index (Phi) is 2.42. The van der Waals surface area contributed by atoms with Crippen LogP contribution in [-0.4, -0.2) is 12.3 Å². The van der Waals surface area contributed by atoms with Gasteiger partial charge in [0.1, 0.15) is 11.1 Å². The van der Waals surface area contributed by atoms with E-state index in [4.69, 9.17) is 4.42 Å². The number of nitrogens with one attached hydrogen (secondary N) is 1. The van der Waals surface area contributed by atoms with Crippen molar-refractivity contribution >= 4 is 11.8 Å². The Balaban J connectivity index is 1.99. The number of hydrogen-bond acceptors (Lipinski definition) is 3. The van der Waals surface area contributed by atoms with Crippen molar-refractivity contribution in [2.45, 2.75) is 12.3 Å². The lowest BCUT2D eigenvalue weighted by Crippen LogP contribution is -2.30. The Morgan fingerprint density at radius 3 is 3.17 bits per heavy atom. The summed E-state index contributed by atoms with van der Waals surface area (Å²) in [5, 5.41) is 3.81. The van der Waals surface area contributed by atoms with Gasteiger partial charge in [-0.25, -0.2) is 0 Å². The van der Waals surface area contributed by atoms with Gasteiger partial charge in [-0.05, 0) is 30.3 Å². The van der Waals surface area contributed by atoms with Crippen LogP contribution in [0.1, 0.15) is 18.1 Å². The molecule has 66 valence electrons. The third-order valence-electron chi connectivity index (χ3n) is 2.00. The van der Waals surface area contributed by atoms with Gasteiger partial charge in [0.15, 0.2) is 0 Å². The van der Waals surface area contributed by atoms with Crippen LogP contribution in [0.4, 0.5) is 0 Å². The van der Waals surface area contributed by atoms with Crippen molar-refractivity contribution < 1.29 is 4.42 Å². The summed E-state index contributed by atoms with van der Waals surface area (Å²) in [5.41, 5.74) is 0. The molecule has 2 atom stereocenters. The summed E-state index contributed by atoms with van der Waals surface area (Å²) < 4.78 is 5.32. The van der Waals surface area contributed by atoms with Gasteiger partial charge in [-0.15, -0.1) is 11.8 Å². The maximum Gasteiger partial charge on any atom is 0.130 e. The van der Waals surface area contributed by atoms with E-state index in [0.717, 1.165) is 18.2 Å². The number of furan rings is 1. The number of thioether (sulfide) groups is 1. The quantitative estimate of drug-likeness (QED) is 0.723. The van der Waals surface area contributed by atoms with E-state index >= 15 is 0 Å². The first-order valence-electron chi connectivity index (χ1n) is 4.24. The highest BCUT2D eigenvalue weighted by molar-refractivity contribution is 7.99. The highest BCUT2D eigenvalue weighted by atomic mass is 32.2. The van der Waals surface area contributed by atoms with Crippen LogP contribution in [-0.2, 0) is 0 Å². The SMILES string of the molecule is CC1CNC(c2ccco2)SC1. The van der Waals surface area contributed by atoms with E-state index in [1.54, 1.807) is 6.26 Å². The van der Waals surface area contributed by atoms with Crippen LogP contribution in [0.2, 0.25) is 0 Å². The lowest BCUT2D eigenvalue weighted by Gasteiger charge is -2.25. The summed E-state index contributed by atoms with van der Waals surface area (Å²) in [6.07, 6.45) is 1.73. The molecule has 0 radical (unpaired) electrons. The molecule has 1 aromatic heterocycles. The van der Waals surface area contributed by atoms with E-state index < -0.39 is 0 Å². The van der Waals surface area contributed by atoms with Gasteiger partial charge in [0.2, 0.25) is 0 Å². The van der Waals surface area contributed by atoms with E-state index in [9.17, 15) is 0 Å². The Morgan fingerprint density at radius 1 is 1.67 bits per heavy atom. The summed E-state index contributed by atoms with van der Waals surface area (Å²) >= 11 is 1.92. The molecule has 0 amide bonds. The molecule has 3 heteroatoms. The molecule has 1 aromatic rings. The molecule has 0 spiro atoms. The third-order valence-corrected chi connectivity index (χ3v) is 3.49. The minimum atomic E-state index is 0.371. The zero-order chi connectivity index (χ0) is 8.39. The Labute approximate surface area is 76.7 Å². The zero-order valence-corrected chi connectivity index (χ0v) is 7.93. The second-order valence-electron chi connectivity index (χ2n) is 3.24. The second kappa shape index (κ2) is 3.54. The van der Waals surface area contributed by atoms with Gasteiger partial charge in [-0.2, -0.15) is 0 Å². The molecule has 2 heterocycles. The van der Waals surface area contributed by atoms with Gasteiger partial charge in [-0.1, -0.05) is 6.92 Å². The number of rotatable bonds is 1. The fourth-order valence-corrected chi connectivity index (χ4v) is 2.46. The van der Waals surface area contributed by atoms with Gasteiger partial charge >= 0.3 is 0 Å². The van der Waals surface area contributed by atoms with Crippen LogP contribution in [0.15, 0.2) is 22.8 Å². The van der Waals surface area contributed by atoms with Crippen LogP contribution in [0, 0.1) is 5.92 Å².